The number of amides is 2. The lowest BCUT2D eigenvalue weighted by molar-refractivity contribution is -0.0763. The zero-order chi connectivity index (χ0) is 12.8. The van der Waals surface area contributed by atoms with Crippen molar-refractivity contribution in [3.05, 3.63) is 0 Å². The summed E-state index contributed by atoms with van der Waals surface area (Å²) in [5.74, 6) is 0. The van der Waals surface area contributed by atoms with E-state index in [4.69, 9.17) is 19.7 Å². The molecule has 8 nitrogen and oxygen atoms in total. The Balaban J connectivity index is 2.51. The summed E-state index contributed by atoms with van der Waals surface area (Å²) in [6.45, 7) is 0.0439. The fourth-order valence-electron chi connectivity index (χ4n) is 1.94. The molecule has 3 atom stereocenters. The van der Waals surface area contributed by atoms with Gasteiger partial charge in [-0.25, -0.2) is 9.59 Å². The third-order valence-corrected chi connectivity index (χ3v) is 2.54. The minimum atomic E-state index is -1.16. The molecule has 1 aliphatic carbocycles. The molecule has 1 rings (SSSR count). The highest BCUT2D eigenvalue weighted by atomic mass is 16.7. The van der Waals surface area contributed by atoms with Crippen molar-refractivity contribution < 1.29 is 29.3 Å². The van der Waals surface area contributed by atoms with E-state index in [1.165, 1.54) is 7.11 Å². The van der Waals surface area contributed by atoms with Crippen LogP contribution in [0.1, 0.15) is 12.8 Å². The topological polar surface area (TPSA) is 117 Å². The Bertz CT molecular complexity index is 285. The van der Waals surface area contributed by atoms with Crippen LogP contribution in [0.4, 0.5) is 9.59 Å². The van der Waals surface area contributed by atoms with Crippen molar-refractivity contribution in [3.8, 4) is 0 Å². The Labute approximate surface area is 97.9 Å². The molecule has 4 N–H and O–H groups in total. The highest BCUT2D eigenvalue weighted by Crippen LogP contribution is 2.23. The lowest BCUT2D eigenvalue weighted by Gasteiger charge is -2.18. The van der Waals surface area contributed by atoms with Crippen LogP contribution in [0.15, 0.2) is 0 Å². The molecule has 0 aromatic heterocycles. The maximum absolute atomic E-state index is 10.6. The second-order valence-electron chi connectivity index (χ2n) is 3.79. The van der Waals surface area contributed by atoms with Crippen molar-refractivity contribution in [3.63, 3.8) is 0 Å². The quantitative estimate of drug-likeness (QED) is 0.510. The number of hydrogen-bond acceptors (Lipinski definition) is 4. The van der Waals surface area contributed by atoms with Gasteiger partial charge in [-0.05, 0) is 12.8 Å². The zero-order valence-electron chi connectivity index (χ0n) is 9.38. The van der Waals surface area contributed by atoms with Crippen LogP contribution in [0.2, 0.25) is 0 Å². The van der Waals surface area contributed by atoms with Crippen LogP contribution in [0.5, 0.6) is 0 Å². The molecule has 0 bridgehead atoms. The van der Waals surface area contributed by atoms with Crippen molar-refractivity contribution >= 4 is 12.2 Å². The van der Waals surface area contributed by atoms with Crippen molar-refractivity contribution in [2.45, 2.75) is 31.0 Å². The van der Waals surface area contributed by atoms with Crippen LogP contribution in [0.3, 0.4) is 0 Å². The molecular formula is C9H16N2O6. The predicted molar refractivity (Wildman–Crippen MR) is 55.9 cm³/mol. The Hall–Kier alpha value is -1.54. The molecule has 2 amide bonds. The van der Waals surface area contributed by atoms with E-state index in [2.05, 4.69) is 10.6 Å². The molecule has 1 fully saturated rings. The third-order valence-electron chi connectivity index (χ3n) is 2.54. The van der Waals surface area contributed by atoms with Gasteiger partial charge in [-0.2, -0.15) is 0 Å². The summed E-state index contributed by atoms with van der Waals surface area (Å²) in [5.41, 5.74) is 0. The van der Waals surface area contributed by atoms with E-state index in [1.54, 1.807) is 0 Å². The second-order valence-corrected chi connectivity index (χ2v) is 3.79. The van der Waals surface area contributed by atoms with Crippen LogP contribution in [-0.4, -0.2) is 54.5 Å². The summed E-state index contributed by atoms with van der Waals surface area (Å²) < 4.78 is 10.0. The molecule has 0 aliphatic heterocycles. The first-order valence-electron chi connectivity index (χ1n) is 5.12. The van der Waals surface area contributed by atoms with Gasteiger partial charge in [0, 0.05) is 13.2 Å². The molecule has 0 spiro atoms. The van der Waals surface area contributed by atoms with Crippen LogP contribution in [0, 0.1) is 0 Å². The second kappa shape index (κ2) is 6.26. The molecule has 0 aromatic carbocycles. The number of ether oxygens (including phenoxy) is 2. The molecule has 0 saturated heterocycles. The summed E-state index contributed by atoms with van der Waals surface area (Å²) in [6.07, 6.45) is -1.88. The first-order valence-corrected chi connectivity index (χ1v) is 5.12. The van der Waals surface area contributed by atoms with Gasteiger partial charge in [-0.15, -0.1) is 0 Å². The van der Waals surface area contributed by atoms with Crippen LogP contribution in [-0.2, 0) is 9.47 Å². The first kappa shape index (κ1) is 13.5. The van der Waals surface area contributed by atoms with E-state index >= 15 is 0 Å². The fourth-order valence-corrected chi connectivity index (χ4v) is 1.94. The summed E-state index contributed by atoms with van der Waals surface area (Å²) in [7, 11) is 1.46. The number of nitrogens with one attached hydrogen (secondary N) is 2. The largest absolute Gasteiger partial charge is 0.465 e. The Morgan fingerprint density at radius 2 is 1.88 bits per heavy atom. The summed E-state index contributed by atoms with van der Waals surface area (Å²) >= 11 is 0. The lowest BCUT2D eigenvalue weighted by Crippen LogP contribution is -2.40. The Morgan fingerprint density at radius 1 is 1.24 bits per heavy atom. The molecule has 1 saturated carbocycles. The monoisotopic (exact) mass is 248 g/mol. The smallest absolute Gasteiger partial charge is 0.404 e. The number of rotatable bonds is 5. The van der Waals surface area contributed by atoms with Gasteiger partial charge in [-0.1, -0.05) is 0 Å². The van der Waals surface area contributed by atoms with Crippen molar-refractivity contribution in [1.29, 1.82) is 0 Å². The van der Waals surface area contributed by atoms with Gasteiger partial charge >= 0.3 is 12.2 Å². The molecular weight excluding hydrogens is 232 g/mol. The number of methoxy groups -OCH3 is 1. The molecule has 0 unspecified atom stereocenters. The fraction of sp³-hybridized carbons (Fsp3) is 0.778. The number of hydrogen-bond donors (Lipinski definition) is 4. The van der Waals surface area contributed by atoms with E-state index in [0.717, 1.165) is 0 Å². The van der Waals surface area contributed by atoms with Gasteiger partial charge in [0.2, 0.25) is 0 Å². The predicted octanol–water partition coefficient (Wildman–Crippen LogP) is 0.0417. The SMILES string of the molecule is COCO[C@@H]1C[C@@H](NC(=O)O)C[C@H]1NC(=O)O. The van der Waals surface area contributed by atoms with E-state index in [-0.39, 0.29) is 18.9 Å². The standard InChI is InChI=1S/C9H16N2O6/c1-16-4-17-7-3-5(10-8(12)13)2-6(7)11-9(14)15/h5-7,10-11H,2-4H2,1H3,(H,12,13)(H,14,15)/t5-,6+,7+/m0/s1. The normalized spacial score (nSPS) is 27.7. The first-order chi connectivity index (χ1) is 8.02. The molecule has 17 heavy (non-hydrogen) atoms. The minimum Gasteiger partial charge on any atom is -0.465 e. The van der Waals surface area contributed by atoms with Crippen LogP contribution < -0.4 is 10.6 Å². The highest BCUT2D eigenvalue weighted by Gasteiger charge is 2.36. The molecule has 0 heterocycles. The maximum atomic E-state index is 10.6. The molecule has 0 radical (unpaired) electrons. The summed E-state index contributed by atoms with van der Waals surface area (Å²) in [5, 5.41) is 21.9. The van der Waals surface area contributed by atoms with Crippen molar-refractivity contribution in [2.75, 3.05) is 13.9 Å². The van der Waals surface area contributed by atoms with Gasteiger partial charge in [0.05, 0.1) is 12.1 Å². The van der Waals surface area contributed by atoms with Crippen molar-refractivity contribution in [1.82, 2.24) is 10.6 Å². The molecule has 8 heteroatoms. The van der Waals surface area contributed by atoms with Gasteiger partial charge < -0.3 is 30.3 Å². The van der Waals surface area contributed by atoms with Gasteiger partial charge in [-0.3, -0.25) is 0 Å². The molecule has 1 aliphatic rings. The average Bonchev–Trinajstić information content (AvgIpc) is 2.55. The van der Waals surface area contributed by atoms with Gasteiger partial charge in [0.25, 0.3) is 0 Å². The van der Waals surface area contributed by atoms with Gasteiger partial charge in [0.15, 0.2) is 0 Å². The Kier molecular flexibility index (Phi) is 4.98. The maximum Gasteiger partial charge on any atom is 0.404 e. The summed E-state index contributed by atoms with van der Waals surface area (Å²) in [4.78, 5) is 21.1. The van der Waals surface area contributed by atoms with E-state index < -0.39 is 18.2 Å². The van der Waals surface area contributed by atoms with Crippen LogP contribution in [0.25, 0.3) is 0 Å². The molecule has 0 aromatic rings. The number of carboxylic acid groups (broad SMARTS) is 2. The average molecular weight is 248 g/mol. The van der Waals surface area contributed by atoms with E-state index in [1.807, 2.05) is 0 Å². The van der Waals surface area contributed by atoms with Crippen molar-refractivity contribution in [2.24, 2.45) is 0 Å². The minimum absolute atomic E-state index is 0.0439. The molecule has 98 valence electrons. The number of carbonyl (C=O) groups is 2. The third kappa shape index (κ3) is 4.45. The Morgan fingerprint density at radius 3 is 2.41 bits per heavy atom. The highest BCUT2D eigenvalue weighted by molar-refractivity contribution is 5.66. The van der Waals surface area contributed by atoms with Gasteiger partial charge in [0.1, 0.15) is 6.79 Å². The summed E-state index contributed by atoms with van der Waals surface area (Å²) in [6, 6.07) is -0.745. The van der Waals surface area contributed by atoms with Crippen LogP contribution >= 0.6 is 0 Å². The zero-order valence-corrected chi connectivity index (χ0v) is 9.38. The van der Waals surface area contributed by atoms with E-state index in [9.17, 15) is 9.59 Å². The lowest BCUT2D eigenvalue weighted by atomic mass is 10.2. The van der Waals surface area contributed by atoms with E-state index in [0.29, 0.717) is 12.8 Å².